The number of nitrogens with two attached hydrogens (primary N) is 1. The molecular formula is C15H22N2O2. The molecule has 104 valence electrons. The zero-order valence-electron chi connectivity index (χ0n) is 11.5. The van der Waals surface area contributed by atoms with Crippen LogP contribution < -0.4 is 5.73 Å². The van der Waals surface area contributed by atoms with Crippen molar-refractivity contribution in [1.82, 2.24) is 4.90 Å². The van der Waals surface area contributed by atoms with E-state index in [0.717, 1.165) is 30.7 Å². The Morgan fingerprint density at radius 3 is 3.00 bits per heavy atom. The fraction of sp³-hybridized carbons (Fsp3) is 0.533. The quantitative estimate of drug-likeness (QED) is 0.828. The van der Waals surface area contributed by atoms with Gasteiger partial charge in [-0.25, -0.2) is 0 Å². The van der Waals surface area contributed by atoms with Crippen molar-refractivity contribution < 1.29 is 9.53 Å². The van der Waals surface area contributed by atoms with E-state index in [4.69, 9.17) is 10.5 Å². The van der Waals surface area contributed by atoms with Crippen LogP contribution in [0.25, 0.3) is 0 Å². The minimum Gasteiger partial charge on any atom is -0.399 e. The lowest BCUT2D eigenvalue weighted by molar-refractivity contribution is -0.133. The van der Waals surface area contributed by atoms with Crippen LogP contribution in [0.5, 0.6) is 0 Å². The van der Waals surface area contributed by atoms with Crippen LogP contribution in [-0.4, -0.2) is 30.1 Å². The van der Waals surface area contributed by atoms with Crippen LogP contribution >= 0.6 is 0 Å². The van der Waals surface area contributed by atoms with Gasteiger partial charge in [0.15, 0.2) is 0 Å². The first kappa shape index (κ1) is 13.9. The summed E-state index contributed by atoms with van der Waals surface area (Å²) in [6.45, 7) is 4.12. The van der Waals surface area contributed by atoms with E-state index >= 15 is 0 Å². The van der Waals surface area contributed by atoms with Crippen LogP contribution in [0.15, 0.2) is 24.3 Å². The molecule has 1 aliphatic heterocycles. The molecule has 0 aromatic heterocycles. The van der Waals surface area contributed by atoms with Crippen molar-refractivity contribution in [2.75, 3.05) is 18.9 Å². The largest absolute Gasteiger partial charge is 0.399 e. The minimum absolute atomic E-state index is 0.113. The number of nitrogens with zero attached hydrogens (tertiary/aromatic N) is 1. The summed E-state index contributed by atoms with van der Waals surface area (Å²) in [6, 6.07) is 7.69. The minimum atomic E-state index is 0.113. The number of carbonyl (C=O) groups is 1. The molecule has 4 nitrogen and oxygen atoms in total. The molecular weight excluding hydrogens is 240 g/mol. The zero-order chi connectivity index (χ0) is 13.7. The Hall–Kier alpha value is -1.55. The van der Waals surface area contributed by atoms with E-state index < -0.39 is 0 Å². The van der Waals surface area contributed by atoms with Crippen molar-refractivity contribution in [3.05, 3.63) is 29.8 Å². The van der Waals surface area contributed by atoms with Crippen LogP contribution in [0, 0.1) is 0 Å². The molecule has 0 saturated carbocycles. The Labute approximate surface area is 114 Å². The average molecular weight is 262 g/mol. The van der Waals surface area contributed by atoms with Crippen molar-refractivity contribution in [1.29, 1.82) is 0 Å². The van der Waals surface area contributed by atoms with Crippen LogP contribution in [0.2, 0.25) is 0 Å². The maximum absolute atomic E-state index is 12.2. The zero-order valence-corrected chi connectivity index (χ0v) is 11.5. The van der Waals surface area contributed by atoms with Crippen LogP contribution in [0.3, 0.4) is 0 Å². The summed E-state index contributed by atoms with van der Waals surface area (Å²) in [6.07, 6.45) is 2.68. The monoisotopic (exact) mass is 262 g/mol. The second-order valence-electron chi connectivity index (χ2n) is 4.99. The highest BCUT2D eigenvalue weighted by Gasteiger charge is 2.22. The Kier molecular flexibility index (Phi) is 4.80. The third-order valence-electron chi connectivity index (χ3n) is 3.49. The summed E-state index contributed by atoms with van der Waals surface area (Å²) < 4.78 is 5.52. The molecule has 1 aromatic rings. The third-order valence-corrected chi connectivity index (χ3v) is 3.49. The third kappa shape index (κ3) is 3.96. The van der Waals surface area contributed by atoms with E-state index in [-0.39, 0.29) is 12.0 Å². The molecule has 19 heavy (non-hydrogen) atoms. The Morgan fingerprint density at radius 2 is 2.37 bits per heavy atom. The number of hydrogen-bond acceptors (Lipinski definition) is 3. The first-order valence-corrected chi connectivity index (χ1v) is 6.93. The molecule has 0 aliphatic carbocycles. The lowest BCUT2D eigenvalue weighted by atomic mass is 10.1. The average Bonchev–Trinajstić information content (AvgIpc) is 2.88. The van der Waals surface area contributed by atoms with E-state index in [1.165, 1.54) is 0 Å². The van der Waals surface area contributed by atoms with E-state index in [1.54, 1.807) is 0 Å². The van der Waals surface area contributed by atoms with Crippen molar-refractivity contribution in [2.45, 2.75) is 38.8 Å². The van der Waals surface area contributed by atoms with Gasteiger partial charge in [-0.05, 0) is 37.5 Å². The Morgan fingerprint density at radius 1 is 1.53 bits per heavy atom. The molecule has 1 unspecified atom stereocenters. The summed E-state index contributed by atoms with van der Waals surface area (Å²) in [5.74, 6) is 0.164. The number of rotatable bonds is 5. The first-order valence-electron chi connectivity index (χ1n) is 6.93. The number of hydrogen-bond donors (Lipinski definition) is 1. The van der Waals surface area contributed by atoms with Gasteiger partial charge in [-0.3, -0.25) is 4.79 Å². The maximum atomic E-state index is 12.2. The highest BCUT2D eigenvalue weighted by atomic mass is 16.5. The standard InChI is InChI=1S/C15H22N2O2/c1-2-17(11-12-5-3-6-13(16)9-12)15(18)10-14-7-4-8-19-14/h3,5-6,9,14H,2,4,7-8,10-11,16H2,1H3. The molecule has 0 bridgehead atoms. The van der Waals surface area contributed by atoms with E-state index in [0.29, 0.717) is 19.5 Å². The van der Waals surface area contributed by atoms with Gasteiger partial charge >= 0.3 is 0 Å². The van der Waals surface area contributed by atoms with Crippen molar-refractivity contribution >= 4 is 11.6 Å². The van der Waals surface area contributed by atoms with Crippen molar-refractivity contribution in [2.24, 2.45) is 0 Å². The van der Waals surface area contributed by atoms with Gasteiger partial charge in [0.2, 0.25) is 5.91 Å². The Bertz CT molecular complexity index is 428. The fourth-order valence-corrected chi connectivity index (χ4v) is 2.42. The molecule has 1 amide bonds. The summed E-state index contributed by atoms with van der Waals surface area (Å²) in [5, 5.41) is 0. The lowest BCUT2D eigenvalue weighted by Gasteiger charge is -2.22. The lowest BCUT2D eigenvalue weighted by Crippen LogP contribution is -2.32. The number of anilines is 1. The van der Waals surface area contributed by atoms with Gasteiger partial charge in [-0.15, -0.1) is 0 Å². The summed E-state index contributed by atoms with van der Waals surface area (Å²) in [5.41, 5.74) is 7.57. The summed E-state index contributed by atoms with van der Waals surface area (Å²) in [7, 11) is 0. The molecule has 1 heterocycles. The molecule has 1 aliphatic rings. The molecule has 1 saturated heterocycles. The molecule has 2 rings (SSSR count). The van der Waals surface area contributed by atoms with Gasteiger partial charge in [0, 0.05) is 25.4 Å². The molecule has 1 fully saturated rings. The second-order valence-corrected chi connectivity index (χ2v) is 4.99. The second kappa shape index (κ2) is 6.57. The van der Waals surface area contributed by atoms with Crippen LogP contribution in [-0.2, 0) is 16.1 Å². The number of amides is 1. The normalized spacial score (nSPS) is 18.5. The molecule has 1 atom stereocenters. The highest BCUT2D eigenvalue weighted by molar-refractivity contribution is 5.76. The van der Waals surface area contributed by atoms with Crippen LogP contribution in [0.4, 0.5) is 5.69 Å². The van der Waals surface area contributed by atoms with Gasteiger partial charge in [0.1, 0.15) is 0 Å². The predicted octanol–water partition coefficient (Wildman–Crippen LogP) is 2.19. The van der Waals surface area contributed by atoms with Crippen molar-refractivity contribution in [3.8, 4) is 0 Å². The fourth-order valence-electron chi connectivity index (χ4n) is 2.42. The van der Waals surface area contributed by atoms with Gasteiger partial charge in [0.05, 0.1) is 12.5 Å². The van der Waals surface area contributed by atoms with Gasteiger partial charge < -0.3 is 15.4 Å². The Balaban J connectivity index is 1.93. The molecule has 2 N–H and O–H groups in total. The number of benzene rings is 1. The first-order chi connectivity index (χ1) is 9.19. The molecule has 0 spiro atoms. The molecule has 0 radical (unpaired) electrons. The SMILES string of the molecule is CCN(Cc1cccc(N)c1)C(=O)CC1CCCO1. The van der Waals surface area contributed by atoms with E-state index in [1.807, 2.05) is 36.1 Å². The number of nitrogen functional groups attached to an aromatic ring is 1. The van der Waals surface area contributed by atoms with Gasteiger partial charge in [0.25, 0.3) is 0 Å². The number of carbonyl (C=O) groups excluding carboxylic acids is 1. The van der Waals surface area contributed by atoms with E-state index in [2.05, 4.69) is 0 Å². The maximum Gasteiger partial charge on any atom is 0.225 e. The van der Waals surface area contributed by atoms with Gasteiger partial charge in [-0.1, -0.05) is 12.1 Å². The molecule has 1 aromatic carbocycles. The van der Waals surface area contributed by atoms with Crippen molar-refractivity contribution in [3.63, 3.8) is 0 Å². The van der Waals surface area contributed by atoms with Crippen LogP contribution in [0.1, 0.15) is 31.7 Å². The van der Waals surface area contributed by atoms with E-state index in [9.17, 15) is 4.79 Å². The smallest absolute Gasteiger partial charge is 0.225 e. The summed E-state index contributed by atoms with van der Waals surface area (Å²) >= 11 is 0. The number of ether oxygens (including phenoxy) is 1. The topological polar surface area (TPSA) is 55.6 Å². The predicted molar refractivity (Wildman–Crippen MR) is 75.5 cm³/mol. The van der Waals surface area contributed by atoms with Gasteiger partial charge in [-0.2, -0.15) is 0 Å². The molecule has 4 heteroatoms. The summed E-state index contributed by atoms with van der Waals surface area (Å²) in [4.78, 5) is 14.1. The highest BCUT2D eigenvalue weighted by Crippen LogP contribution is 2.17.